The number of nitrogens with one attached hydrogen (secondary N) is 1. The van der Waals surface area contributed by atoms with Crippen LogP contribution in [-0.4, -0.2) is 27.4 Å². The molecule has 0 fully saturated rings. The second-order valence-corrected chi connectivity index (χ2v) is 6.18. The summed E-state index contributed by atoms with van der Waals surface area (Å²) < 4.78 is 7.09. The highest BCUT2D eigenvalue weighted by atomic mass is 16.5. The number of benzene rings is 1. The number of aryl methyl sites for hydroxylation is 1. The van der Waals surface area contributed by atoms with Crippen molar-refractivity contribution in [2.45, 2.75) is 26.5 Å². The Kier molecular flexibility index (Phi) is 5.39. The summed E-state index contributed by atoms with van der Waals surface area (Å²) in [6.07, 6.45) is 2.92. The van der Waals surface area contributed by atoms with Crippen molar-refractivity contribution in [3.63, 3.8) is 0 Å². The number of carbonyl (C=O) groups is 1. The number of aromatic nitrogens is 2. The molecule has 1 aromatic heterocycles. The molecule has 1 amide bonds. The first kappa shape index (κ1) is 17.0. The molecule has 1 atom stereocenters. The van der Waals surface area contributed by atoms with Gasteiger partial charge in [0, 0.05) is 24.9 Å². The lowest BCUT2D eigenvalue weighted by atomic mass is 9.84. The van der Waals surface area contributed by atoms with Crippen molar-refractivity contribution in [3.05, 3.63) is 54.1 Å². The number of aliphatic hydroxyl groups is 1. The Balaban J connectivity index is 2.06. The van der Waals surface area contributed by atoms with E-state index in [0.29, 0.717) is 5.82 Å². The topological polar surface area (TPSA) is 76.4 Å². The Morgan fingerprint density at radius 2 is 2.09 bits per heavy atom. The highest BCUT2D eigenvalue weighted by Gasteiger charge is 2.34. The van der Waals surface area contributed by atoms with Crippen LogP contribution in [0.25, 0.3) is 0 Å². The van der Waals surface area contributed by atoms with E-state index >= 15 is 0 Å². The maximum absolute atomic E-state index is 12.1. The molecular formula is C17H23N3O3. The summed E-state index contributed by atoms with van der Waals surface area (Å²) in [7, 11) is 1.85. The van der Waals surface area contributed by atoms with E-state index in [1.165, 1.54) is 0 Å². The number of imidazole rings is 1. The number of alkyl carbamates (subject to hydrolysis) is 1. The molecular weight excluding hydrogens is 294 g/mol. The van der Waals surface area contributed by atoms with Gasteiger partial charge in [0.25, 0.3) is 0 Å². The van der Waals surface area contributed by atoms with Crippen LogP contribution < -0.4 is 5.32 Å². The average Bonchev–Trinajstić information content (AvgIpc) is 2.97. The minimum Gasteiger partial charge on any atom is -0.445 e. The molecule has 0 bridgehead atoms. The van der Waals surface area contributed by atoms with Crippen LogP contribution in [0.4, 0.5) is 4.79 Å². The van der Waals surface area contributed by atoms with Crippen molar-refractivity contribution in [2.24, 2.45) is 12.5 Å². The summed E-state index contributed by atoms with van der Waals surface area (Å²) in [6, 6.07) is 9.01. The zero-order valence-electron chi connectivity index (χ0n) is 13.7. The molecule has 0 aliphatic heterocycles. The highest BCUT2D eigenvalue weighted by Crippen LogP contribution is 2.31. The molecule has 2 N–H and O–H groups in total. The summed E-state index contributed by atoms with van der Waals surface area (Å²) in [6.45, 7) is 3.83. The third kappa shape index (κ3) is 4.32. The number of carbonyl (C=O) groups excluding carboxylic acids is 1. The van der Waals surface area contributed by atoms with E-state index in [2.05, 4.69) is 10.3 Å². The van der Waals surface area contributed by atoms with Gasteiger partial charge in [-0.3, -0.25) is 0 Å². The Morgan fingerprint density at radius 1 is 1.39 bits per heavy atom. The first-order valence-corrected chi connectivity index (χ1v) is 7.49. The fourth-order valence-electron chi connectivity index (χ4n) is 2.24. The Bertz CT molecular complexity index is 638. The summed E-state index contributed by atoms with van der Waals surface area (Å²) >= 11 is 0. The maximum Gasteiger partial charge on any atom is 0.408 e. The van der Waals surface area contributed by atoms with Crippen molar-refractivity contribution in [2.75, 3.05) is 6.61 Å². The first-order valence-electron chi connectivity index (χ1n) is 7.49. The first-order chi connectivity index (χ1) is 10.9. The number of ether oxygens (including phenoxy) is 1. The van der Waals surface area contributed by atoms with Crippen LogP contribution in [0.2, 0.25) is 0 Å². The monoisotopic (exact) mass is 317 g/mol. The van der Waals surface area contributed by atoms with E-state index < -0.39 is 17.6 Å². The lowest BCUT2D eigenvalue weighted by molar-refractivity contribution is 0.0914. The van der Waals surface area contributed by atoms with Crippen LogP contribution in [0.5, 0.6) is 0 Å². The molecule has 124 valence electrons. The molecule has 1 heterocycles. The van der Waals surface area contributed by atoms with Gasteiger partial charge in [0.05, 0.1) is 12.6 Å². The van der Waals surface area contributed by atoms with Crippen LogP contribution >= 0.6 is 0 Å². The molecule has 0 saturated heterocycles. The maximum atomic E-state index is 12.1. The zero-order valence-corrected chi connectivity index (χ0v) is 13.7. The molecule has 0 aliphatic rings. The third-order valence-electron chi connectivity index (χ3n) is 3.78. The van der Waals surface area contributed by atoms with Crippen molar-refractivity contribution in [1.82, 2.24) is 14.9 Å². The minimum atomic E-state index is -0.578. The average molecular weight is 317 g/mol. The number of hydrogen-bond donors (Lipinski definition) is 2. The molecule has 6 nitrogen and oxygen atoms in total. The SMILES string of the molecule is Cn1ccnc1C(NC(=O)OCc1ccccc1)C(C)(C)CO. The number of amides is 1. The molecule has 0 aliphatic carbocycles. The van der Waals surface area contributed by atoms with Crippen LogP contribution in [0, 0.1) is 5.41 Å². The van der Waals surface area contributed by atoms with Gasteiger partial charge < -0.3 is 19.7 Å². The fraction of sp³-hybridized carbons (Fsp3) is 0.412. The summed E-state index contributed by atoms with van der Waals surface area (Å²) in [5, 5.41) is 12.5. The largest absolute Gasteiger partial charge is 0.445 e. The van der Waals surface area contributed by atoms with Gasteiger partial charge in [0.2, 0.25) is 0 Å². The van der Waals surface area contributed by atoms with Crippen LogP contribution in [-0.2, 0) is 18.4 Å². The minimum absolute atomic E-state index is 0.0938. The molecule has 1 aromatic carbocycles. The van der Waals surface area contributed by atoms with Crippen molar-refractivity contribution in [3.8, 4) is 0 Å². The van der Waals surface area contributed by atoms with Crippen LogP contribution in [0.15, 0.2) is 42.7 Å². The summed E-state index contributed by atoms with van der Waals surface area (Å²) in [5.41, 5.74) is 0.336. The Hall–Kier alpha value is -2.34. The van der Waals surface area contributed by atoms with Gasteiger partial charge in [-0.25, -0.2) is 9.78 Å². The Labute approximate surface area is 136 Å². The molecule has 2 rings (SSSR count). The zero-order chi connectivity index (χ0) is 16.9. The molecule has 1 unspecified atom stereocenters. The number of rotatable bonds is 6. The van der Waals surface area contributed by atoms with E-state index in [4.69, 9.17) is 4.74 Å². The van der Waals surface area contributed by atoms with Crippen molar-refractivity contribution in [1.29, 1.82) is 0 Å². The van der Waals surface area contributed by atoms with Gasteiger partial charge in [0.15, 0.2) is 0 Å². The second-order valence-electron chi connectivity index (χ2n) is 6.18. The Morgan fingerprint density at radius 3 is 2.65 bits per heavy atom. The molecule has 0 spiro atoms. The normalized spacial score (nSPS) is 12.7. The van der Waals surface area contributed by atoms with Crippen molar-refractivity contribution >= 4 is 6.09 Å². The number of nitrogens with zero attached hydrogens (tertiary/aromatic N) is 2. The van der Waals surface area contributed by atoms with E-state index in [9.17, 15) is 9.90 Å². The van der Waals surface area contributed by atoms with Crippen LogP contribution in [0.1, 0.15) is 31.3 Å². The molecule has 2 aromatic rings. The fourth-order valence-corrected chi connectivity index (χ4v) is 2.24. The van der Waals surface area contributed by atoms with E-state index in [1.54, 1.807) is 12.4 Å². The molecule has 23 heavy (non-hydrogen) atoms. The quantitative estimate of drug-likeness (QED) is 0.858. The molecule has 0 radical (unpaired) electrons. The van der Waals surface area contributed by atoms with Gasteiger partial charge >= 0.3 is 6.09 Å². The third-order valence-corrected chi connectivity index (χ3v) is 3.78. The molecule has 6 heteroatoms. The van der Waals surface area contributed by atoms with Crippen molar-refractivity contribution < 1.29 is 14.6 Å². The van der Waals surface area contributed by atoms with Gasteiger partial charge in [0.1, 0.15) is 12.4 Å². The smallest absolute Gasteiger partial charge is 0.408 e. The van der Waals surface area contributed by atoms with Gasteiger partial charge in [-0.1, -0.05) is 44.2 Å². The van der Waals surface area contributed by atoms with E-state index in [0.717, 1.165) is 5.56 Å². The van der Waals surface area contributed by atoms with E-state index in [-0.39, 0.29) is 13.2 Å². The predicted molar refractivity (Wildman–Crippen MR) is 86.6 cm³/mol. The van der Waals surface area contributed by atoms with Gasteiger partial charge in [-0.05, 0) is 5.56 Å². The number of aliphatic hydroxyl groups excluding tert-OH is 1. The van der Waals surface area contributed by atoms with E-state index in [1.807, 2.05) is 55.8 Å². The van der Waals surface area contributed by atoms with Gasteiger partial charge in [-0.2, -0.15) is 0 Å². The standard InChI is InChI=1S/C17H23N3O3/c1-17(2,12-21)14(15-18-9-10-20(15)3)19-16(22)23-11-13-7-5-4-6-8-13/h4-10,14,21H,11-12H2,1-3H3,(H,19,22). The second kappa shape index (κ2) is 7.28. The summed E-state index contributed by atoms with van der Waals surface area (Å²) in [4.78, 5) is 16.4. The molecule has 0 saturated carbocycles. The van der Waals surface area contributed by atoms with Gasteiger partial charge in [-0.15, -0.1) is 0 Å². The number of hydrogen-bond acceptors (Lipinski definition) is 4. The lowest BCUT2D eigenvalue weighted by Gasteiger charge is -2.32. The summed E-state index contributed by atoms with van der Waals surface area (Å²) in [5.74, 6) is 0.667. The lowest BCUT2D eigenvalue weighted by Crippen LogP contribution is -2.41. The van der Waals surface area contributed by atoms with Crippen LogP contribution in [0.3, 0.4) is 0 Å². The highest BCUT2D eigenvalue weighted by molar-refractivity contribution is 5.67. The predicted octanol–water partition coefficient (Wildman–Crippen LogP) is 2.41.